The van der Waals surface area contributed by atoms with Gasteiger partial charge in [-0.05, 0) is 31.5 Å². The van der Waals surface area contributed by atoms with E-state index < -0.39 is 5.82 Å². The van der Waals surface area contributed by atoms with Crippen LogP contribution < -0.4 is 5.32 Å². The first kappa shape index (κ1) is 15.9. The molecule has 2 N–H and O–H groups in total. The molecule has 2 aromatic rings. The van der Waals surface area contributed by atoms with E-state index in [9.17, 15) is 4.39 Å². The molecule has 2 rings (SSSR count). The van der Waals surface area contributed by atoms with Crippen molar-refractivity contribution in [1.29, 1.82) is 0 Å². The van der Waals surface area contributed by atoms with Crippen LogP contribution in [-0.2, 0) is 19.6 Å². The Morgan fingerprint density at radius 3 is 2.76 bits per heavy atom. The zero-order valence-corrected chi connectivity index (χ0v) is 12.9. The van der Waals surface area contributed by atoms with Gasteiger partial charge >= 0.3 is 0 Å². The van der Waals surface area contributed by atoms with E-state index in [4.69, 9.17) is 16.7 Å². The number of aromatic nitrogens is 2. The maximum Gasteiger partial charge on any atom is 0.141 e. The van der Waals surface area contributed by atoms with Crippen LogP contribution in [0.5, 0.6) is 0 Å². The Morgan fingerprint density at radius 2 is 2.10 bits per heavy atom. The van der Waals surface area contributed by atoms with Gasteiger partial charge in [-0.15, -0.1) is 0 Å². The van der Waals surface area contributed by atoms with E-state index >= 15 is 0 Å². The second kappa shape index (κ2) is 7.02. The first-order valence-corrected chi connectivity index (χ1v) is 7.19. The van der Waals surface area contributed by atoms with Gasteiger partial charge in [0.2, 0.25) is 0 Å². The zero-order valence-electron chi connectivity index (χ0n) is 12.2. The highest BCUT2D eigenvalue weighted by Crippen LogP contribution is 2.16. The summed E-state index contributed by atoms with van der Waals surface area (Å²) in [5.41, 5.74) is 4.05. The van der Waals surface area contributed by atoms with Crippen LogP contribution in [0.15, 0.2) is 18.2 Å². The van der Waals surface area contributed by atoms with Crippen molar-refractivity contribution < 1.29 is 9.50 Å². The summed E-state index contributed by atoms with van der Waals surface area (Å²) in [4.78, 5) is 0. The van der Waals surface area contributed by atoms with E-state index in [2.05, 4.69) is 10.4 Å². The molecule has 1 aromatic carbocycles. The van der Waals surface area contributed by atoms with Gasteiger partial charge in [0.05, 0.1) is 23.9 Å². The fourth-order valence-electron chi connectivity index (χ4n) is 2.28. The molecule has 0 unspecified atom stereocenters. The number of nitrogens with one attached hydrogen (secondary N) is 1. The molecule has 0 aliphatic heterocycles. The fraction of sp³-hybridized carbons (Fsp3) is 0.400. The van der Waals surface area contributed by atoms with Gasteiger partial charge in [0, 0.05) is 24.3 Å². The molecule has 21 heavy (non-hydrogen) atoms. The number of hydrogen-bond donors (Lipinski definition) is 2. The molecule has 6 heteroatoms. The van der Waals surface area contributed by atoms with Gasteiger partial charge in [-0.25, -0.2) is 4.39 Å². The molecule has 0 saturated carbocycles. The predicted molar refractivity (Wildman–Crippen MR) is 80.7 cm³/mol. The van der Waals surface area contributed by atoms with Crippen molar-refractivity contribution in [2.45, 2.75) is 33.5 Å². The minimum atomic E-state index is -0.405. The smallest absolute Gasteiger partial charge is 0.141 e. The number of benzene rings is 1. The second-order valence-electron chi connectivity index (χ2n) is 4.95. The van der Waals surface area contributed by atoms with Crippen molar-refractivity contribution in [3.63, 3.8) is 0 Å². The average Bonchev–Trinajstić information content (AvgIpc) is 2.71. The Balaban J connectivity index is 1.98. The van der Waals surface area contributed by atoms with Crippen molar-refractivity contribution in [3.05, 3.63) is 51.6 Å². The third-order valence-electron chi connectivity index (χ3n) is 3.46. The summed E-state index contributed by atoms with van der Waals surface area (Å²) in [7, 11) is 0. The quantitative estimate of drug-likeness (QED) is 0.862. The van der Waals surface area contributed by atoms with Crippen LogP contribution in [0.1, 0.15) is 22.5 Å². The number of aryl methyl sites for hydroxylation is 1. The lowest BCUT2D eigenvalue weighted by Crippen LogP contribution is -2.14. The molecular formula is C15H19ClFN3O. The predicted octanol–water partition coefficient (Wildman–Crippen LogP) is 2.57. The lowest BCUT2D eigenvalue weighted by Gasteiger charge is -2.07. The first-order chi connectivity index (χ1) is 10.0. The molecule has 0 bridgehead atoms. The summed E-state index contributed by atoms with van der Waals surface area (Å²) in [6.07, 6.45) is 0. The van der Waals surface area contributed by atoms with Gasteiger partial charge in [-0.2, -0.15) is 5.10 Å². The Morgan fingerprint density at radius 1 is 1.33 bits per heavy atom. The van der Waals surface area contributed by atoms with Gasteiger partial charge in [0.25, 0.3) is 0 Å². The molecule has 0 aliphatic carbocycles. The highest BCUT2D eigenvalue weighted by atomic mass is 35.5. The van der Waals surface area contributed by atoms with Crippen LogP contribution in [0.25, 0.3) is 0 Å². The van der Waals surface area contributed by atoms with E-state index in [1.807, 2.05) is 13.8 Å². The summed E-state index contributed by atoms with van der Waals surface area (Å²) in [5.74, 6) is -0.405. The molecule has 114 valence electrons. The van der Waals surface area contributed by atoms with Crippen molar-refractivity contribution >= 4 is 11.6 Å². The number of aliphatic hydroxyl groups is 1. The molecule has 0 saturated heterocycles. The summed E-state index contributed by atoms with van der Waals surface area (Å²) >= 11 is 5.76. The molecule has 0 radical (unpaired) electrons. The zero-order chi connectivity index (χ0) is 15.4. The van der Waals surface area contributed by atoms with Gasteiger partial charge in [0.15, 0.2) is 0 Å². The summed E-state index contributed by atoms with van der Waals surface area (Å²) < 4.78 is 14.9. The van der Waals surface area contributed by atoms with E-state index in [0.717, 1.165) is 22.5 Å². The maximum absolute atomic E-state index is 13.1. The number of aliphatic hydroxyl groups excluding tert-OH is 1. The topological polar surface area (TPSA) is 50.1 Å². The van der Waals surface area contributed by atoms with Crippen molar-refractivity contribution in [2.75, 3.05) is 6.61 Å². The van der Waals surface area contributed by atoms with Gasteiger partial charge in [-0.1, -0.05) is 17.7 Å². The van der Waals surface area contributed by atoms with E-state index in [1.54, 1.807) is 16.8 Å². The largest absolute Gasteiger partial charge is 0.394 e. The average molecular weight is 312 g/mol. The van der Waals surface area contributed by atoms with E-state index in [0.29, 0.717) is 19.6 Å². The monoisotopic (exact) mass is 311 g/mol. The van der Waals surface area contributed by atoms with Gasteiger partial charge < -0.3 is 10.4 Å². The highest BCUT2D eigenvalue weighted by molar-refractivity contribution is 6.30. The molecule has 1 aromatic heterocycles. The van der Waals surface area contributed by atoms with Crippen molar-refractivity contribution in [3.8, 4) is 0 Å². The molecule has 0 spiro atoms. The standard InChI is InChI=1S/C15H19ClFN3O/c1-10-13(11(2)20(19-10)5-6-21)9-18-8-12-3-4-15(17)14(16)7-12/h3-4,7,18,21H,5-6,8-9H2,1-2H3. The van der Waals surface area contributed by atoms with Crippen LogP contribution in [0.4, 0.5) is 4.39 Å². The first-order valence-electron chi connectivity index (χ1n) is 6.81. The summed E-state index contributed by atoms with van der Waals surface area (Å²) in [6, 6.07) is 4.71. The molecule has 0 amide bonds. The molecule has 1 heterocycles. The molecule has 0 aliphatic rings. The van der Waals surface area contributed by atoms with Crippen LogP contribution in [0, 0.1) is 19.7 Å². The Kier molecular flexibility index (Phi) is 5.33. The Bertz CT molecular complexity index is 628. The number of halogens is 2. The van der Waals surface area contributed by atoms with Gasteiger partial charge in [0.1, 0.15) is 5.82 Å². The van der Waals surface area contributed by atoms with Crippen LogP contribution >= 0.6 is 11.6 Å². The SMILES string of the molecule is Cc1nn(CCO)c(C)c1CNCc1ccc(F)c(Cl)c1. The van der Waals surface area contributed by atoms with E-state index in [1.165, 1.54) is 6.07 Å². The fourth-order valence-corrected chi connectivity index (χ4v) is 2.49. The Hall–Kier alpha value is -1.43. The molecule has 0 fully saturated rings. The summed E-state index contributed by atoms with van der Waals surface area (Å²) in [6.45, 7) is 5.78. The third kappa shape index (κ3) is 3.81. The summed E-state index contributed by atoms with van der Waals surface area (Å²) in [5, 5.41) is 16.8. The van der Waals surface area contributed by atoms with E-state index in [-0.39, 0.29) is 11.6 Å². The third-order valence-corrected chi connectivity index (χ3v) is 3.75. The lowest BCUT2D eigenvalue weighted by molar-refractivity contribution is 0.267. The molecule has 0 atom stereocenters. The van der Waals surface area contributed by atoms with Crippen molar-refractivity contribution in [2.24, 2.45) is 0 Å². The highest BCUT2D eigenvalue weighted by Gasteiger charge is 2.10. The minimum absolute atomic E-state index is 0.0723. The number of hydrogen-bond acceptors (Lipinski definition) is 3. The number of rotatable bonds is 6. The van der Waals surface area contributed by atoms with Gasteiger partial charge in [-0.3, -0.25) is 4.68 Å². The maximum atomic E-state index is 13.1. The van der Waals surface area contributed by atoms with Crippen LogP contribution in [-0.4, -0.2) is 21.5 Å². The second-order valence-corrected chi connectivity index (χ2v) is 5.36. The minimum Gasteiger partial charge on any atom is -0.394 e. The van der Waals surface area contributed by atoms with Crippen LogP contribution in [0.2, 0.25) is 5.02 Å². The Labute approximate surface area is 128 Å². The van der Waals surface area contributed by atoms with Crippen molar-refractivity contribution in [1.82, 2.24) is 15.1 Å². The lowest BCUT2D eigenvalue weighted by atomic mass is 10.2. The number of nitrogens with zero attached hydrogens (tertiary/aromatic N) is 2. The van der Waals surface area contributed by atoms with Crippen LogP contribution in [0.3, 0.4) is 0 Å². The molecule has 4 nitrogen and oxygen atoms in total. The normalized spacial score (nSPS) is 11.1. The molecular weight excluding hydrogens is 293 g/mol.